The minimum absolute atomic E-state index is 0.0880. The summed E-state index contributed by atoms with van der Waals surface area (Å²) in [5.41, 5.74) is 0. The Hall–Kier alpha value is -2.12. The summed E-state index contributed by atoms with van der Waals surface area (Å²) in [6, 6.07) is -0.893. The summed E-state index contributed by atoms with van der Waals surface area (Å²) in [4.78, 5) is 47.1. The first kappa shape index (κ1) is 14.3. The highest BCUT2D eigenvalue weighted by molar-refractivity contribution is 6.01. The molecule has 0 saturated carbocycles. The average Bonchev–Trinajstić information content (AvgIpc) is 2.86. The molecule has 0 spiro atoms. The third kappa shape index (κ3) is 3.69. The zero-order valence-corrected chi connectivity index (χ0v) is 11.1. The molecule has 8 nitrogen and oxygen atoms in total. The number of imide groups is 2. The van der Waals surface area contributed by atoms with Gasteiger partial charge < -0.3 is 9.80 Å². The van der Waals surface area contributed by atoms with Gasteiger partial charge in [0.05, 0.1) is 0 Å². The molecule has 2 aliphatic heterocycles. The number of hydrogen-bond acceptors (Lipinski definition) is 4. The van der Waals surface area contributed by atoms with Crippen molar-refractivity contribution < 1.29 is 19.2 Å². The van der Waals surface area contributed by atoms with E-state index in [1.54, 1.807) is 0 Å². The summed E-state index contributed by atoms with van der Waals surface area (Å²) in [5.74, 6) is -0.757. The molecule has 0 unspecified atom stereocenters. The fraction of sp³-hybridized carbons (Fsp3) is 0.667. The third-order valence-electron chi connectivity index (χ3n) is 3.24. The van der Waals surface area contributed by atoms with Crippen molar-refractivity contribution in [1.82, 2.24) is 20.4 Å². The molecule has 20 heavy (non-hydrogen) atoms. The predicted octanol–water partition coefficient (Wildman–Crippen LogP) is -0.320. The van der Waals surface area contributed by atoms with E-state index in [-0.39, 0.29) is 24.9 Å². The molecule has 0 aliphatic carbocycles. The van der Waals surface area contributed by atoms with Crippen LogP contribution in [0.2, 0.25) is 0 Å². The third-order valence-corrected chi connectivity index (χ3v) is 3.24. The number of carbonyl (C=O) groups excluding carboxylic acids is 4. The average molecular weight is 280 g/mol. The van der Waals surface area contributed by atoms with Gasteiger partial charge in [0.15, 0.2) is 0 Å². The summed E-state index contributed by atoms with van der Waals surface area (Å²) in [6.07, 6.45) is 3.38. The van der Waals surface area contributed by atoms with E-state index in [1.165, 1.54) is 9.80 Å². The first-order valence-electron chi connectivity index (χ1n) is 6.63. The Labute approximate surface area is 116 Å². The van der Waals surface area contributed by atoms with Crippen LogP contribution in [0.1, 0.15) is 25.7 Å². The number of carbonyl (C=O) groups is 4. The van der Waals surface area contributed by atoms with Crippen molar-refractivity contribution in [1.29, 1.82) is 0 Å². The van der Waals surface area contributed by atoms with Crippen LogP contribution in [0.25, 0.3) is 0 Å². The lowest BCUT2D eigenvalue weighted by atomic mass is 10.2. The van der Waals surface area contributed by atoms with Crippen molar-refractivity contribution in [3.05, 3.63) is 0 Å². The molecule has 108 valence electrons. The van der Waals surface area contributed by atoms with Gasteiger partial charge >= 0.3 is 12.1 Å². The van der Waals surface area contributed by atoms with E-state index < -0.39 is 12.1 Å². The van der Waals surface area contributed by atoms with E-state index >= 15 is 0 Å². The maximum Gasteiger partial charge on any atom is 0.347 e. The van der Waals surface area contributed by atoms with Gasteiger partial charge in [0, 0.05) is 13.1 Å². The highest BCUT2D eigenvalue weighted by Gasteiger charge is 2.29. The van der Waals surface area contributed by atoms with Crippen LogP contribution >= 0.6 is 0 Å². The van der Waals surface area contributed by atoms with Gasteiger partial charge in [0.25, 0.3) is 11.8 Å². The minimum atomic E-state index is -0.446. The van der Waals surface area contributed by atoms with Crippen molar-refractivity contribution in [2.45, 2.75) is 25.7 Å². The minimum Gasteiger partial charge on any atom is -0.313 e. The first-order chi connectivity index (χ1) is 9.56. The Morgan fingerprint density at radius 2 is 1.10 bits per heavy atom. The largest absolute Gasteiger partial charge is 0.347 e. The lowest BCUT2D eigenvalue weighted by molar-refractivity contribution is -0.119. The number of amides is 6. The van der Waals surface area contributed by atoms with E-state index in [2.05, 4.69) is 10.6 Å². The normalized spacial score (nSPS) is 18.8. The Bertz CT molecular complexity index is 397. The van der Waals surface area contributed by atoms with Gasteiger partial charge in [-0.15, -0.1) is 0 Å². The van der Waals surface area contributed by atoms with Gasteiger partial charge in [-0.1, -0.05) is 12.8 Å². The van der Waals surface area contributed by atoms with E-state index in [9.17, 15) is 19.2 Å². The van der Waals surface area contributed by atoms with Crippen LogP contribution in [0.5, 0.6) is 0 Å². The molecule has 2 fully saturated rings. The van der Waals surface area contributed by atoms with Crippen molar-refractivity contribution in [3.8, 4) is 0 Å². The molecular weight excluding hydrogens is 264 g/mol. The fourth-order valence-corrected chi connectivity index (χ4v) is 2.20. The standard InChI is InChI=1S/C12H16N4O4/c17-9-7-15(11(19)13-9)5-3-1-2-4-6-16-8-10(18)14-12(16)20/h1-8H2. The summed E-state index contributed by atoms with van der Waals surface area (Å²) < 4.78 is 0. The Balaban J connectivity index is 1.52. The van der Waals surface area contributed by atoms with Crippen LogP contribution in [0.4, 0.5) is 9.59 Å². The number of hydrogen-bond donors (Lipinski definition) is 0. The highest BCUT2D eigenvalue weighted by Crippen LogP contribution is 2.08. The molecule has 6 amide bonds. The Morgan fingerprint density at radius 1 is 0.700 bits per heavy atom. The van der Waals surface area contributed by atoms with Gasteiger partial charge in [-0.05, 0) is 12.8 Å². The van der Waals surface area contributed by atoms with E-state index in [0.29, 0.717) is 13.1 Å². The second-order valence-electron chi connectivity index (χ2n) is 4.83. The first-order valence-corrected chi connectivity index (χ1v) is 6.63. The lowest BCUT2D eigenvalue weighted by Gasteiger charge is -2.13. The molecule has 2 heterocycles. The molecule has 0 atom stereocenters. The molecular formula is C12H16N4O4. The lowest BCUT2D eigenvalue weighted by Crippen LogP contribution is -2.27. The van der Waals surface area contributed by atoms with Crippen molar-refractivity contribution >= 4 is 23.9 Å². The molecule has 0 bridgehead atoms. The van der Waals surface area contributed by atoms with Crippen LogP contribution < -0.4 is 10.6 Å². The molecule has 2 rings (SSSR count). The van der Waals surface area contributed by atoms with Gasteiger partial charge in [0.1, 0.15) is 13.1 Å². The van der Waals surface area contributed by atoms with Gasteiger partial charge in [0.2, 0.25) is 0 Å². The summed E-state index contributed by atoms with van der Waals surface area (Å²) in [5, 5.41) is 6.63. The van der Waals surface area contributed by atoms with Crippen molar-refractivity contribution in [2.75, 3.05) is 26.2 Å². The van der Waals surface area contributed by atoms with Crippen LogP contribution in [0.15, 0.2) is 0 Å². The number of nitrogens with zero attached hydrogens (tertiary/aromatic N) is 4. The monoisotopic (exact) mass is 280 g/mol. The zero-order chi connectivity index (χ0) is 14.5. The summed E-state index contributed by atoms with van der Waals surface area (Å²) >= 11 is 0. The molecule has 0 aromatic heterocycles. The maximum atomic E-state index is 11.2. The van der Waals surface area contributed by atoms with E-state index in [1.807, 2.05) is 0 Å². The molecule has 0 aromatic rings. The maximum absolute atomic E-state index is 11.2. The molecule has 2 radical (unpaired) electrons. The number of rotatable bonds is 7. The van der Waals surface area contributed by atoms with Crippen LogP contribution in [-0.2, 0) is 9.59 Å². The van der Waals surface area contributed by atoms with Gasteiger partial charge in [-0.25, -0.2) is 9.59 Å². The molecule has 8 heteroatoms. The van der Waals surface area contributed by atoms with E-state index in [0.717, 1.165) is 25.7 Å². The SMILES string of the molecule is O=C1CN(CCCCCCN2CC(=O)[N]C2=O)C(=O)[N]1. The fourth-order valence-electron chi connectivity index (χ4n) is 2.20. The topological polar surface area (TPSA) is 103 Å². The van der Waals surface area contributed by atoms with Gasteiger partial charge in [-0.2, -0.15) is 10.6 Å². The van der Waals surface area contributed by atoms with Crippen LogP contribution in [0, 0.1) is 0 Å². The van der Waals surface area contributed by atoms with E-state index in [4.69, 9.17) is 0 Å². The highest BCUT2D eigenvalue weighted by atomic mass is 16.2. The van der Waals surface area contributed by atoms with Crippen molar-refractivity contribution in [2.24, 2.45) is 0 Å². The number of unbranched alkanes of at least 4 members (excludes halogenated alkanes) is 3. The number of urea groups is 2. The Kier molecular flexibility index (Phi) is 4.54. The van der Waals surface area contributed by atoms with Crippen LogP contribution in [-0.4, -0.2) is 59.9 Å². The predicted molar refractivity (Wildman–Crippen MR) is 66.7 cm³/mol. The smallest absolute Gasteiger partial charge is 0.313 e. The quantitative estimate of drug-likeness (QED) is 0.471. The second-order valence-corrected chi connectivity index (χ2v) is 4.83. The molecule has 0 aromatic carbocycles. The second kappa shape index (κ2) is 6.36. The zero-order valence-electron chi connectivity index (χ0n) is 11.1. The molecule has 2 saturated heterocycles. The van der Waals surface area contributed by atoms with Crippen LogP contribution in [0.3, 0.4) is 0 Å². The van der Waals surface area contributed by atoms with Crippen molar-refractivity contribution in [3.63, 3.8) is 0 Å². The molecule has 0 N–H and O–H groups in total. The molecule has 2 aliphatic rings. The Morgan fingerprint density at radius 3 is 1.40 bits per heavy atom. The summed E-state index contributed by atoms with van der Waals surface area (Å²) in [6.45, 7) is 1.24. The summed E-state index contributed by atoms with van der Waals surface area (Å²) in [7, 11) is 0. The van der Waals surface area contributed by atoms with Gasteiger partial charge in [-0.3, -0.25) is 9.59 Å².